The van der Waals surface area contributed by atoms with Crippen LogP contribution in [0, 0.1) is 0 Å². The van der Waals surface area contributed by atoms with E-state index in [1.807, 2.05) is 6.92 Å². The highest BCUT2D eigenvalue weighted by atomic mass is 19.4. The summed E-state index contributed by atoms with van der Waals surface area (Å²) in [7, 11) is 0. The van der Waals surface area contributed by atoms with Gasteiger partial charge in [-0.2, -0.15) is 13.2 Å². The van der Waals surface area contributed by atoms with E-state index in [1.54, 1.807) is 6.92 Å². The average Bonchev–Trinajstić information content (AvgIpc) is 2.76. The van der Waals surface area contributed by atoms with E-state index in [9.17, 15) is 18.0 Å². The van der Waals surface area contributed by atoms with Gasteiger partial charge in [0.2, 0.25) is 5.91 Å². The normalized spacial score (nSPS) is 23.6. The van der Waals surface area contributed by atoms with Crippen LogP contribution in [0.2, 0.25) is 0 Å². The number of carbonyl (C=O) groups is 1. The van der Waals surface area contributed by atoms with Gasteiger partial charge < -0.3 is 10.2 Å². The molecule has 0 aliphatic carbocycles. The first-order valence-electron chi connectivity index (χ1n) is 6.96. The van der Waals surface area contributed by atoms with Crippen LogP contribution in [-0.2, 0) is 4.79 Å². The zero-order valence-corrected chi connectivity index (χ0v) is 11.6. The molecule has 1 fully saturated rings. The van der Waals surface area contributed by atoms with Gasteiger partial charge in [-0.05, 0) is 32.2 Å². The summed E-state index contributed by atoms with van der Waals surface area (Å²) in [5, 5.41) is 3.14. The maximum Gasteiger partial charge on any atom is 0.406 e. The second-order valence-corrected chi connectivity index (χ2v) is 5.20. The van der Waals surface area contributed by atoms with Crippen molar-refractivity contribution >= 4 is 5.91 Å². The molecule has 19 heavy (non-hydrogen) atoms. The summed E-state index contributed by atoms with van der Waals surface area (Å²) in [5.41, 5.74) is -0.769. The van der Waals surface area contributed by atoms with Crippen LogP contribution in [0.15, 0.2) is 0 Å². The Balaban J connectivity index is 2.84. The van der Waals surface area contributed by atoms with E-state index in [-0.39, 0.29) is 12.5 Å². The summed E-state index contributed by atoms with van der Waals surface area (Å²) in [6.07, 6.45) is -0.940. The third kappa shape index (κ3) is 4.37. The Morgan fingerprint density at radius 3 is 2.42 bits per heavy atom. The first-order chi connectivity index (χ1) is 8.84. The van der Waals surface area contributed by atoms with Gasteiger partial charge >= 0.3 is 6.18 Å². The molecule has 6 heteroatoms. The molecule has 1 N–H and O–H groups in total. The van der Waals surface area contributed by atoms with Crippen LogP contribution >= 0.6 is 0 Å². The molecule has 1 aliphatic heterocycles. The van der Waals surface area contributed by atoms with E-state index in [0.29, 0.717) is 25.8 Å². The Morgan fingerprint density at radius 1 is 1.32 bits per heavy atom. The molecular weight excluding hydrogens is 257 g/mol. The molecule has 0 saturated carbocycles. The van der Waals surface area contributed by atoms with Crippen LogP contribution in [0.1, 0.15) is 46.0 Å². The fourth-order valence-corrected chi connectivity index (χ4v) is 2.78. The van der Waals surface area contributed by atoms with E-state index in [1.165, 1.54) is 0 Å². The summed E-state index contributed by atoms with van der Waals surface area (Å²) >= 11 is 0. The van der Waals surface area contributed by atoms with Crippen molar-refractivity contribution in [2.75, 3.05) is 19.6 Å². The quantitative estimate of drug-likeness (QED) is 0.811. The summed E-state index contributed by atoms with van der Waals surface area (Å²) in [5.74, 6) is -0.383. The summed E-state index contributed by atoms with van der Waals surface area (Å²) < 4.78 is 37.7. The lowest BCUT2D eigenvalue weighted by molar-refractivity contribution is -0.165. The lowest BCUT2D eigenvalue weighted by Gasteiger charge is -2.35. The molecule has 112 valence electrons. The van der Waals surface area contributed by atoms with Gasteiger partial charge in [0.15, 0.2) is 0 Å². The maximum atomic E-state index is 12.6. The number of halogens is 3. The van der Waals surface area contributed by atoms with Gasteiger partial charge in [0.1, 0.15) is 6.54 Å². The minimum absolute atomic E-state index is 0.158. The summed E-state index contributed by atoms with van der Waals surface area (Å²) in [6.45, 7) is 3.45. The molecule has 1 rings (SSSR count). The highest BCUT2D eigenvalue weighted by molar-refractivity contribution is 5.86. The number of nitrogens with one attached hydrogen (secondary N) is 1. The minimum atomic E-state index is -4.34. The van der Waals surface area contributed by atoms with Crippen molar-refractivity contribution in [1.82, 2.24) is 10.2 Å². The van der Waals surface area contributed by atoms with Gasteiger partial charge in [0.05, 0.1) is 5.54 Å². The third-order valence-electron chi connectivity index (χ3n) is 3.48. The molecule has 3 nitrogen and oxygen atoms in total. The lowest BCUT2D eigenvalue weighted by Crippen LogP contribution is -2.56. The standard InChI is InChI=1S/C13H23F3N2O/c1-3-6-12(7-5-8-17-12)11(19)18(9-4-2)10-13(14,15)16/h17H,3-10H2,1-2H3. The van der Waals surface area contributed by atoms with Crippen LogP contribution in [-0.4, -0.2) is 42.2 Å². The summed E-state index contributed by atoms with van der Waals surface area (Å²) in [6, 6.07) is 0. The lowest BCUT2D eigenvalue weighted by atomic mass is 9.90. The van der Waals surface area contributed by atoms with Crippen molar-refractivity contribution in [3.05, 3.63) is 0 Å². The zero-order chi connectivity index (χ0) is 14.5. The third-order valence-corrected chi connectivity index (χ3v) is 3.48. The Kier molecular flexibility index (Phi) is 5.64. The molecule has 0 spiro atoms. The first-order valence-corrected chi connectivity index (χ1v) is 6.96. The van der Waals surface area contributed by atoms with Gasteiger partial charge in [0.25, 0.3) is 0 Å². The monoisotopic (exact) mass is 280 g/mol. The largest absolute Gasteiger partial charge is 0.406 e. The molecule has 1 amide bonds. The number of rotatable bonds is 6. The Bertz CT molecular complexity index is 299. The second-order valence-electron chi connectivity index (χ2n) is 5.20. The van der Waals surface area contributed by atoms with Crippen LogP contribution < -0.4 is 5.32 Å². The zero-order valence-electron chi connectivity index (χ0n) is 11.6. The maximum absolute atomic E-state index is 12.6. The average molecular weight is 280 g/mol. The number of carbonyl (C=O) groups excluding carboxylic acids is 1. The minimum Gasteiger partial charge on any atom is -0.332 e. The molecule has 1 atom stereocenters. The summed E-state index contributed by atoms with van der Waals surface area (Å²) in [4.78, 5) is 13.5. The number of nitrogens with zero attached hydrogens (tertiary/aromatic N) is 1. The van der Waals surface area contributed by atoms with Crippen LogP contribution in [0.4, 0.5) is 13.2 Å². The van der Waals surface area contributed by atoms with Gasteiger partial charge in [-0.1, -0.05) is 20.3 Å². The molecule has 1 heterocycles. The van der Waals surface area contributed by atoms with Crippen molar-refractivity contribution in [2.24, 2.45) is 0 Å². The Labute approximate surface area is 112 Å². The molecule has 0 aromatic carbocycles. The van der Waals surface area contributed by atoms with Crippen LogP contribution in [0.25, 0.3) is 0 Å². The highest BCUT2D eigenvalue weighted by Crippen LogP contribution is 2.28. The highest BCUT2D eigenvalue weighted by Gasteiger charge is 2.44. The van der Waals surface area contributed by atoms with Gasteiger partial charge in [-0.3, -0.25) is 4.79 Å². The van der Waals surface area contributed by atoms with Crippen LogP contribution in [0.3, 0.4) is 0 Å². The Hall–Kier alpha value is -0.780. The van der Waals surface area contributed by atoms with E-state index < -0.39 is 18.3 Å². The smallest absolute Gasteiger partial charge is 0.332 e. The van der Waals surface area contributed by atoms with Crippen molar-refractivity contribution in [2.45, 2.75) is 57.7 Å². The number of hydrogen-bond acceptors (Lipinski definition) is 2. The van der Waals surface area contributed by atoms with Crippen molar-refractivity contribution < 1.29 is 18.0 Å². The number of hydrogen-bond donors (Lipinski definition) is 1. The van der Waals surface area contributed by atoms with Gasteiger partial charge in [-0.15, -0.1) is 0 Å². The molecule has 1 unspecified atom stereocenters. The van der Waals surface area contributed by atoms with Crippen molar-refractivity contribution in [3.63, 3.8) is 0 Å². The Morgan fingerprint density at radius 2 is 2.00 bits per heavy atom. The van der Waals surface area contributed by atoms with E-state index in [4.69, 9.17) is 0 Å². The molecule has 0 bridgehead atoms. The number of alkyl halides is 3. The van der Waals surface area contributed by atoms with Gasteiger partial charge in [0, 0.05) is 6.54 Å². The van der Waals surface area contributed by atoms with Gasteiger partial charge in [-0.25, -0.2) is 0 Å². The molecule has 0 aromatic rings. The first kappa shape index (κ1) is 16.3. The van der Waals surface area contributed by atoms with E-state index in [2.05, 4.69) is 5.32 Å². The molecular formula is C13H23F3N2O. The van der Waals surface area contributed by atoms with Crippen molar-refractivity contribution in [3.8, 4) is 0 Å². The topological polar surface area (TPSA) is 32.3 Å². The molecule has 1 saturated heterocycles. The molecule has 1 aliphatic rings. The predicted molar refractivity (Wildman–Crippen MR) is 67.8 cm³/mol. The SMILES string of the molecule is CCCN(CC(F)(F)F)C(=O)C1(CCC)CCCN1. The van der Waals surface area contributed by atoms with Crippen LogP contribution in [0.5, 0.6) is 0 Å². The second kappa shape index (κ2) is 6.59. The van der Waals surface area contributed by atoms with E-state index in [0.717, 1.165) is 17.7 Å². The van der Waals surface area contributed by atoms with E-state index >= 15 is 0 Å². The van der Waals surface area contributed by atoms with Crippen molar-refractivity contribution in [1.29, 1.82) is 0 Å². The predicted octanol–water partition coefficient (Wildman–Crippen LogP) is 2.71. The fraction of sp³-hybridized carbons (Fsp3) is 0.923. The molecule has 0 radical (unpaired) electrons. The number of amides is 1. The molecule has 0 aromatic heterocycles. The fourth-order valence-electron chi connectivity index (χ4n) is 2.78.